The fraction of sp³-hybridized carbons (Fsp3) is 0.438. The molecule has 1 aromatic carbocycles. The molecule has 0 bridgehead atoms. The van der Waals surface area contributed by atoms with Gasteiger partial charge in [-0.2, -0.15) is 5.10 Å². The van der Waals surface area contributed by atoms with Crippen molar-refractivity contribution in [2.24, 2.45) is 5.92 Å². The molecule has 21 heavy (non-hydrogen) atoms. The molecule has 5 heteroatoms. The van der Waals surface area contributed by atoms with Gasteiger partial charge in [-0.15, -0.1) is 0 Å². The van der Waals surface area contributed by atoms with Crippen LogP contribution in [0.5, 0.6) is 0 Å². The largest absolute Gasteiger partial charge is 0.268 e. The molecule has 1 atom stereocenters. The van der Waals surface area contributed by atoms with Gasteiger partial charge in [0.25, 0.3) is 0 Å². The minimum atomic E-state index is -0.197. The van der Waals surface area contributed by atoms with Crippen molar-refractivity contribution >= 4 is 27.5 Å². The quantitative estimate of drug-likeness (QED) is 0.665. The van der Waals surface area contributed by atoms with Crippen LogP contribution >= 0.6 is 27.5 Å². The maximum atomic E-state index is 13.0. The minimum absolute atomic E-state index is 0.197. The Labute approximate surface area is 138 Å². The lowest BCUT2D eigenvalue weighted by Crippen LogP contribution is -2.14. The average molecular weight is 374 g/mol. The number of benzene rings is 1. The number of hydrogen-bond acceptors (Lipinski definition) is 1. The van der Waals surface area contributed by atoms with Crippen LogP contribution in [-0.2, 0) is 19.4 Å². The number of rotatable bonds is 6. The van der Waals surface area contributed by atoms with Crippen molar-refractivity contribution in [3.05, 3.63) is 52.1 Å². The summed E-state index contributed by atoms with van der Waals surface area (Å²) in [5, 5.41) is 6.09. The number of nitrogens with zero attached hydrogens (tertiary/aromatic N) is 2. The second-order valence-corrected chi connectivity index (χ2v) is 6.24. The number of halogens is 3. The lowest BCUT2D eigenvalue weighted by Gasteiger charge is -2.15. The molecule has 0 radical (unpaired) electrons. The zero-order valence-electron chi connectivity index (χ0n) is 12.2. The summed E-state index contributed by atoms with van der Waals surface area (Å²) in [6, 6.07) is 6.70. The molecule has 0 spiro atoms. The smallest absolute Gasteiger partial charge is 0.123 e. The Kier molecular flexibility index (Phi) is 5.82. The fourth-order valence-electron chi connectivity index (χ4n) is 2.47. The predicted octanol–water partition coefficient (Wildman–Crippen LogP) is 4.80. The van der Waals surface area contributed by atoms with E-state index in [0.717, 1.165) is 46.7 Å². The second kappa shape index (κ2) is 7.41. The molecule has 2 nitrogen and oxygen atoms in total. The van der Waals surface area contributed by atoms with Crippen molar-refractivity contribution in [1.82, 2.24) is 9.78 Å². The maximum Gasteiger partial charge on any atom is 0.123 e. The van der Waals surface area contributed by atoms with Gasteiger partial charge in [0.15, 0.2) is 0 Å². The standard InChI is InChI=1S/C16H19BrClFN2/c1-3-21-15(16(18)11(2)20-21)9-13(10-17)8-12-4-6-14(19)7-5-12/h4-7,13H,3,8-10H2,1-2H3. The number of aromatic nitrogens is 2. The minimum Gasteiger partial charge on any atom is -0.268 e. The van der Waals surface area contributed by atoms with Crippen LogP contribution in [0.1, 0.15) is 23.9 Å². The summed E-state index contributed by atoms with van der Waals surface area (Å²) in [6.45, 7) is 4.81. The Bertz CT molecular complexity index is 595. The zero-order valence-corrected chi connectivity index (χ0v) is 14.6. The van der Waals surface area contributed by atoms with Crippen LogP contribution in [0.15, 0.2) is 24.3 Å². The molecule has 1 aromatic heterocycles. The second-order valence-electron chi connectivity index (χ2n) is 5.22. The highest BCUT2D eigenvalue weighted by Crippen LogP contribution is 2.25. The highest BCUT2D eigenvalue weighted by Gasteiger charge is 2.17. The van der Waals surface area contributed by atoms with Crippen LogP contribution in [-0.4, -0.2) is 15.1 Å². The molecule has 1 unspecified atom stereocenters. The summed E-state index contributed by atoms with van der Waals surface area (Å²) in [7, 11) is 0. The average Bonchev–Trinajstić information content (AvgIpc) is 2.76. The van der Waals surface area contributed by atoms with Crippen molar-refractivity contribution in [2.75, 3.05) is 5.33 Å². The SMILES string of the molecule is CCn1nc(C)c(Cl)c1CC(CBr)Cc1ccc(F)cc1. The summed E-state index contributed by atoms with van der Waals surface area (Å²) in [5.74, 6) is 0.200. The summed E-state index contributed by atoms with van der Waals surface area (Å²) < 4.78 is 14.9. The summed E-state index contributed by atoms with van der Waals surface area (Å²) >= 11 is 9.95. The Morgan fingerprint density at radius 3 is 2.52 bits per heavy atom. The molecule has 114 valence electrons. The molecule has 0 N–H and O–H groups in total. The normalized spacial score (nSPS) is 12.6. The summed E-state index contributed by atoms with van der Waals surface area (Å²) in [6.07, 6.45) is 1.74. The van der Waals surface area contributed by atoms with Gasteiger partial charge in [0.05, 0.1) is 16.4 Å². The van der Waals surface area contributed by atoms with Crippen LogP contribution < -0.4 is 0 Å². The van der Waals surface area contributed by atoms with Crippen LogP contribution in [0, 0.1) is 18.7 Å². The molecule has 0 saturated carbocycles. The first-order chi connectivity index (χ1) is 10.0. The van der Waals surface area contributed by atoms with Gasteiger partial charge in [-0.3, -0.25) is 4.68 Å². The van der Waals surface area contributed by atoms with E-state index < -0.39 is 0 Å². The molecule has 0 amide bonds. The van der Waals surface area contributed by atoms with E-state index in [-0.39, 0.29) is 5.82 Å². The van der Waals surface area contributed by atoms with Gasteiger partial charge < -0.3 is 0 Å². The van der Waals surface area contributed by atoms with Crippen LogP contribution in [0.4, 0.5) is 4.39 Å². The predicted molar refractivity (Wildman–Crippen MR) is 88.7 cm³/mol. The first-order valence-corrected chi connectivity index (χ1v) is 8.57. The van der Waals surface area contributed by atoms with Crippen LogP contribution in [0.25, 0.3) is 0 Å². The third-order valence-corrected chi connectivity index (χ3v) is 5.00. The lowest BCUT2D eigenvalue weighted by molar-refractivity contribution is 0.535. The van der Waals surface area contributed by atoms with Gasteiger partial charge in [-0.1, -0.05) is 39.7 Å². The van der Waals surface area contributed by atoms with Crippen molar-refractivity contribution in [2.45, 2.75) is 33.2 Å². The highest BCUT2D eigenvalue weighted by atomic mass is 79.9. The zero-order chi connectivity index (χ0) is 15.4. The van der Waals surface area contributed by atoms with E-state index in [0.29, 0.717) is 5.92 Å². The third-order valence-electron chi connectivity index (χ3n) is 3.59. The molecule has 1 heterocycles. The molecule has 0 aliphatic heterocycles. The van der Waals surface area contributed by atoms with Crippen molar-refractivity contribution in [3.8, 4) is 0 Å². The number of hydrogen-bond donors (Lipinski definition) is 0. The summed E-state index contributed by atoms with van der Waals surface area (Å²) in [5.41, 5.74) is 3.10. The molecular weight excluding hydrogens is 355 g/mol. The van der Waals surface area contributed by atoms with Crippen molar-refractivity contribution in [3.63, 3.8) is 0 Å². The van der Waals surface area contributed by atoms with Crippen molar-refractivity contribution in [1.29, 1.82) is 0 Å². The highest BCUT2D eigenvalue weighted by molar-refractivity contribution is 9.09. The first kappa shape index (κ1) is 16.5. The topological polar surface area (TPSA) is 17.8 Å². The van der Waals surface area contributed by atoms with E-state index in [1.807, 2.05) is 23.7 Å². The van der Waals surface area contributed by atoms with Crippen LogP contribution in [0.3, 0.4) is 0 Å². The van der Waals surface area contributed by atoms with Crippen LogP contribution in [0.2, 0.25) is 5.02 Å². The monoisotopic (exact) mass is 372 g/mol. The van der Waals surface area contributed by atoms with E-state index in [1.54, 1.807) is 0 Å². The number of alkyl halides is 1. The Morgan fingerprint density at radius 1 is 1.29 bits per heavy atom. The van der Waals surface area contributed by atoms with Gasteiger partial charge in [0.1, 0.15) is 5.82 Å². The number of aryl methyl sites for hydroxylation is 2. The lowest BCUT2D eigenvalue weighted by atomic mass is 9.96. The van der Waals surface area contributed by atoms with E-state index in [9.17, 15) is 4.39 Å². The Morgan fingerprint density at radius 2 is 1.95 bits per heavy atom. The molecule has 2 aromatic rings. The van der Waals surface area contributed by atoms with Gasteiger partial charge in [-0.05, 0) is 50.3 Å². The van der Waals surface area contributed by atoms with E-state index >= 15 is 0 Å². The Hall–Kier alpha value is -0.870. The summed E-state index contributed by atoms with van der Waals surface area (Å²) in [4.78, 5) is 0. The van der Waals surface area contributed by atoms with E-state index in [1.165, 1.54) is 12.1 Å². The Balaban J connectivity index is 2.14. The molecule has 0 fully saturated rings. The van der Waals surface area contributed by atoms with Gasteiger partial charge in [0.2, 0.25) is 0 Å². The third kappa shape index (κ3) is 4.07. The van der Waals surface area contributed by atoms with Gasteiger partial charge in [-0.25, -0.2) is 4.39 Å². The molecule has 0 saturated heterocycles. The van der Waals surface area contributed by atoms with E-state index in [4.69, 9.17) is 11.6 Å². The molecule has 0 aliphatic rings. The van der Waals surface area contributed by atoms with Crippen molar-refractivity contribution < 1.29 is 4.39 Å². The first-order valence-electron chi connectivity index (χ1n) is 7.07. The molecule has 2 rings (SSSR count). The van der Waals surface area contributed by atoms with E-state index in [2.05, 4.69) is 28.0 Å². The molecular formula is C16H19BrClFN2. The van der Waals surface area contributed by atoms with Gasteiger partial charge >= 0.3 is 0 Å². The molecule has 0 aliphatic carbocycles. The van der Waals surface area contributed by atoms with Gasteiger partial charge in [0, 0.05) is 11.9 Å². The fourth-order valence-corrected chi connectivity index (χ4v) is 3.14. The maximum absolute atomic E-state index is 13.0.